The summed E-state index contributed by atoms with van der Waals surface area (Å²) in [4.78, 5) is 28.2. The van der Waals surface area contributed by atoms with Gasteiger partial charge in [0.05, 0.1) is 24.3 Å². The van der Waals surface area contributed by atoms with Crippen molar-refractivity contribution < 1.29 is 19.1 Å². The molecule has 0 bridgehead atoms. The van der Waals surface area contributed by atoms with Crippen LogP contribution in [-0.4, -0.2) is 42.5 Å². The highest BCUT2D eigenvalue weighted by atomic mass is 35.5. The summed E-state index contributed by atoms with van der Waals surface area (Å²) in [6.07, 6.45) is 1.20. The Bertz CT molecular complexity index is 1000. The zero-order valence-corrected chi connectivity index (χ0v) is 22.2. The standard InChI is InChI=1S/C26H34Cl2N2O4/c1-7-21(25(32)29-26(2,3)4)30(16-18-8-11-19(27)20(28)14-18)24(31)13-10-17-9-12-22(33-5)23(15-17)34-6/h8-9,11-12,14-15,21H,7,10,13,16H2,1-6H3,(H,29,32)/t21-/m1/s1. The summed E-state index contributed by atoms with van der Waals surface area (Å²) < 4.78 is 10.7. The average Bonchev–Trinajstić information content (AvgIpc) is 2.78. The van der Waals surface area contributed by atoms with Crippen molar-refractivity contribution in [1.29, 1.82) is 0 Å². The second-order valence-corrected chi connectivity index (χ2v) is 9.94. The number of methoxy groups -OCH3 is 2. The van der Waals surface area contributed by atoms with Crippen molar-refractivity contribution in [3.05, 3.63) is 57.6 Å². The van der Waals surface area contributed by atoms with E-state index in [1.165, 1.54) is 0 Å². The molecular weight excluding hydrogens is 475 g/mol. The molecule has 0 unspecified atom stereocenters. The Labute approximate surface area is 212 Å². The number of hydrogen-bond donors (Lipinski definition) is 1. The molecule has 34 heavy (non-hydrogen) atoms. The Kier molecular flexibility index (Phi) is 10.1. The van der Waals surface area contributed by atoms with Crippen LogP contribution in [0.1, 0.15) is 51.7 Å². The first-order chi connectivity index (χ1) is 16.0. The number of benzene rings is 2. The Morgan fingerprint density at radius 2 is 1.62 bits per heavy atom. The maximum Gasteiger partial charge on any atom is 0.243 e. The lowest BCUT2D eigenvalue weighted by Gasteiger charge is -2.33. The molecule has 0 aliphatic rings. The number of amides is 2. The summed E-state index contributed by atoms with van der Waals surface area (Å²) in [7, 11) is 3.15. The number of carbonyl (C=O) groups excluding carboxylic acids is 2. The van der Waals surface area contributed by atoms with Crippen LogP contribution in [0, 0.1) is 0 Å². The number of ether oxygens (including phenoxy) is 2. The van der Waals surface area contributed by atoms with Gasteiger partial charge in [-0.25, -0.2) is 0 Å². The summed E-state index contributed by atoms with van der Waals surface area (Å²) in [5.41, 5.74) is 1.33. The smallest absolute Gasteiger partial charge is 0.243 e. The normalized spacial score (nSPS) is 12.1. The molecule has 2 aromatic rings. The Morgan fingerprint density at radius 1 is 0.971 bits per heavy atom. The van der Waals surface area contributed by atoms with Gasteiger partial charge in [0.1, 0.15) is 6.04 Å². The van der Waals surface area contributed by atoms with Crippen molar-refractivity contribution in [2.45, 2.75) is 65.1 Å². The lowest BCUT2D eigenvalue weighted by atomic mass is 10.0. The van der Waals surface area contributed by atoms with Crippen LogP contribution in [0.5, 0.6) is 11.5 Å². The molecule has 186 valence electrons. The molecule has 1 N–H and O–H groups in total. The van der Waals surface area contributed by atoms with Gasteiger partial charge in [-0.3, -0.25) is 9.59 Å². The Hall–Kier alpha value is -2.44. The predicted octanol–water partition coefficient (Wildman–Crippen LogP) is 5.67. The van der Waals surface area contributed by atoms with E-state index in [0.29, 0.717) is 34.4 Å². The molecule has 0 saturated carbocycles. The van der Waals surface area contributed by atoms with E-state index in [2.05, 4.69) is 5.32 Å². The molecule has 0 radical (unpaired) electrons. The van der Waals surface area contributed by atoms with E-state index in [-0.39, 0.29) is 24.8 Å². The SMILES string of the molecule is CC[C@H](C(=O)NC(C)(C)C)N(Cc1ccc(Cl)c(Cl)c1)C(=O)CCc1ccc(OC)c(OC)c1. The van der Waals surface area contributed by atoms with Gasteiger partial charge in [-0.1, -0.05) is 42.3 Å². The highest BCUT2D eigenvalue weighted by Crippen LogP contribution is 2.28. The molecule has 2 amide bonds. The van der Waals surface area contributed by atoms with Crippen LogP contribution in [0.25, 0.3) is 0 Å². The van der Waals surface area contributed by atoms with Crippen molar-refractivity contribution in [1.82, 2.24) is 10.2 Å². The van der Waals surface area contributed by atoms with Gasteiger partial charge in [-0.05, 0) is 69.0 Å². The van der Waals surface area contributed by atoms with Crippen molar-refractivity contribution in [3.8, 4) is 11.5 Å². The number of carbonyl (C=O) groups is 2. The van der Waals surface area contributed by atoms with Crippen molar-refractivity contribution in [2.24, 2.45) is 0 Å². The molecule has 0 aromatic heterocycles. The number of halogens is 2. The molecule has 0 heterocycles. The number of nitrogens with one attached hydrogen (secondary N) is 1. The minimum Gasteiger partial charge on any atom is -0.493 e. The summed E-state index contributed by atoms with van der Waals surface area (Å²) in [5.74, 6) is 0.922. The minimum absolute atomic E-state index is 0.128. The lowest BCUT2D eigenvalue weighted by molar-refractivity contribution is -0.142. The minimum atomic E-state index is -0.619. The zero-order valence-electron chi connectivity index (χ0n) is 20.7. The molecule has 6 nitrogen and oxygen atoms in total. The van der Waals surface area contributed by atoms with E-state index in [9.17, 15) is 9.59 Å². The summed E-state index contributed by atoms with van der Waals surface area (Å²) in [6.45, 7) is 7.90. The Balaban J connectivity index is 2.28. The van der Waals surface area contributed by atoms with Crippen molar-refractivity contribution >= 4 is 35.0 Å². The van der Waals surface area contributed by atoms with Gasteiger partial charge in [0.25, 0.3) is 0 Å². The fraction of sp³-hybridized carbons (Fsp3) is 0.462. The third-order valence-corrected chi connectivity index (χ3v) is 6.04. The molecule has 1 atom stereocenters. The third-order valence-electron chi connectivity index (χ3n) is 5.30. The molecular formula is C26H34Cl2N2O4. The van der Waals surface area contributed by atoms with E-state index in [4.69, 9.17) is 32.7 Å². The van der Waals surface area contributed by atoms with Gasteiger partial charge in [0, 0.05) is 18.5 Å². The summed E-state index contributed by atoms with van der Waals surface area (Å²) >= 11 is 12.3. The summed E-state index contributed by atoms with van der Waals surface area (Å²) in [5, 5.41) is 3.85. The monoisotopic (exact) mass is 508 g/mol. The van der Waals surface area contributed by atoms with Crippen molar-refractivity contribution in [2.75, 3.05) is 14.2 Å². The summed E-state index contributed by atoms with van der Waals surface area (Å²) in [6, 6.07) is 10.2. The van der Waals surface area contributed by atoms with Crippen LogP contribution < -0.4 is 14.8 Å². The van der Waals surface area contributed by atoms with E-state index in [1.807, 2.05) is 52.0 Å². The van der Waals surface area contributed by atoms with Crippen LogP contribution in [0.4, 0.5) is 0 Å². The highest BCUT2D eigenvalue weighted by molar-refractivity contribution is 6.42. The first-order valence-corrected chi connectivity index (χ1v) is 12.0. The fourth-order valence-electron chi connectivity index (χ4n) is 3.64. The second-order valence-electron chi connectivity index (χ2n) is 9.12. The maximum absolute atomic E-state index is 13.5. The first kappa shape index (κ1) is 27.8. The molecule has 0 aliphatic heterocycles. The van der Waals surface area contributed by atoms with Crippen molar-refractivity contribution in [3.63, 3.8) is 0 Å². The van der Waals surface area contributed by atoms with E-state index < -0.39 is 11.6 Å². The molecule has 2 aromatic carbocycles. The molecule has 8 heteroatoms. The molecule has 0 aliphatic carbocycles. The first-order valence-electron chi connectivity index (χ1n) is 11.2. The van der Waals surface area contributed by atoms with Gasteiger partial charge in [0.2, 0.25) is 11.8 Å². The zero-order chi connectivity index (χ0) is 25.5. The lowest BCUT2D eigenvalue weighted by Crippen LogP contribution is -2.53. The highest BCUT2D eigenvalue weighted by Gasteiger charge is 2.30. The van der Waals surface area contributed by atoms with Crippen LogP contribution in [0.15, 0.2) is 36.4 Å². The maximum atomic E-state index is 13.5. The van der Waals surface area contributed by atoms with Crippen LogP contribution in [0.3, 0.4) is 0 Å². The Morgan fingerprint density at radius 3 is 2.18 bits per heavy atom. The van der Waals surface area contributed by atoms with Gasteiger partial charge < -0.3 is 19.7 Å². The second kappa shape index (κ2) is 12.3. The number of aryl methyl sites for hydroxylation is 1. The molecule has 0 spiro atoms. The topological polar surface area (TPSA) is 67.9 Å². The quantitative estimate of drug-likeness (QED) is 0.449. The van der Waals surface area contributed by atoms with Crippen LogP contribution in [0.2, 0.25) is 10.0 Å². The van der Waals surface area contributed by atoms with Gasteiger partial charge in [0.15, 0.2) is 11.5 Å². The average molecular weight is 509 g/mol. The van der Waals surface area contributed by atoms with Gasteiger partial charge >= 0.3 is 0 Å². The van der Waals surface area contributed by atoms with Gasteiger partial charge in [-0.15, -0.1) is 0 Å². The van der Waals surface area contributed by atoms with Crippen LogP contribution >= 0.6 is 23.2 Å². The number of rotatable bonds is 10. The molecule has 0 fully saturated rings. The van der Waals surface area contributed by atoms with Crippen LogP contribution in [-0.2, 0) is 22.6 Å². The van der Waals surface area contributed by atoms with E-state index in [0.717, 1.165) is 11.1 Å². The number of nitrogens with zero attached hydrogens (tertiary/aromatic N) is 1. The fourth-order valence-corrected chi connectivity index (χ4v) is 3.96. The third kappa shape index (κ3) is 7.81. The molecule has 2 rings (SSSR count). The number of hydrogen-bond acceptors (Lipinski definition) is 4. The van der Waals surface area contributed by atoms with E-state index in [1.54, 1.807) is 31.3 Å². The van der Waals surface area contributed by atoms with Gasteiger partial charge in [-0.2, -0.15) is 0 Å². The molecule has 0 saturated heterocycles. The predicted molar refractivity (Wildman–Crippen MR) is 137 cm³/mol. The van der Waals surface area contributed by atoms with E-state index >= 15 is 0 Å². The largest absolute Gasteiger partial charge is 0.493 e.